The van der Waals surface area contributed by atoms with E-state index >= 15 is 0 Å². The van der Waals surface area contributed by atoms with Crippen molar-refractivity contribution >= 4 is 37.8 Å². The van der Waals surface area contributed by atoms with Gasteiger partial charge in [0, 0.05) is 4.88 Å². The first-order valence-electron chi connectivity index (χ1n) is 10.6. The fourth-order valence-corrected chi connectivity index (χ4v) is 12.7. The summed E-state index contributed by atoms with van der Waals surface area (Å²) < 4.78 is 0. The minimum Gasteiger partial charge on any atom is -0.147 e. The number of rotatable bonds is 11. The average Bonchev–Trinajstić information content (AvgIpc) is 2.88. The second-order valence-corrected chi connectivity index (χ2v) is 15.3. The molecule has 1 heterocycles. The molecule has 0 N–H and O–H groups in total. The largest absolute Gasteiger partial charge is 0.147 e. The Morgan fingerprint density at radius 1 is 0.654 bits per heavy atom. The van der Waals surface area contributed by atoms with E-state index in [1.807, 2.05) is 10.6 Å². The van der Waals surface area contributed by atoms with Crippen LogP contribution in [0.1, 0.15) is 80.0 Å². The van der Waals surface area contributed by atoms with E-state index in [1.165, 1.54) is 24.6 Å². The molecule has 0 fully saturated rings. The van der Waals surface area contributed by atoms with Gasteiger partial charge in [-0.15, -0.1) is 11.3 Å². The molecular formula is C23H44P2S. The molecule has 1 rings (SSSR count). The number of thiophene rings is 1. The van der Waals surface area contributed by atoms with Crippen molar-refractivity contribution in [2.24, 2.45) is 23.7 Å². The monoisotopic (exact) mass is 414 g/mol. The molecule has 0 bridgehead atoms. The molecule has 0 aliphatic heterocycles. The summed E-state index contributed by atoms with van der Waals surface area (Å²) in [5, 5.41) is 6.26. The van der Waals surface area contributed by atoms with Crippen molar-refractivity contribution in [2.75, 3.05) is 24.6 Å². The maximum absolute atomic E-state index is 2.59. The number of hydrogen-bond acceptors (Lipinski definition) is 1. The lowest BCUT2D eigenvalue weighted by Crippen LogP contribution is -2.28. The summed E-state index contributed by atoms with van der Waals surface area (Å²) >= 11 is 2.08. The molecule has 0 aliphatic carbocycles. The second kappa shape index (κ2) is 11.5. The van der Waals surface area contributed by atoms with Crippen LogP contribution in [0.15, 0.2) is 5.38 Å². The lowest BCUT2D eigenvalue weighted by atomic mass is 10.2. The SMILES string of the molecule is CC(C)CP(CC(C)C)c1csc(C(C)C)c1P(CC(C)C)CC(C)C. The van der Waals surface area contributed by atoms with Gasteiger partial charge in [-0.2, -0.15) is 0 Å². The molecule has 26 heavy (non-hydrogen) atoms. The average molecular weight is 415 g/mol. The van der Waals surface area contributed by atoms with Gasteiger partial charge in [0.05, 0.1) is 0 Å². The third-order valence-electron chi connectivity index (χ3n) is 4.30. The molecule has 0 unspecified atom stereocenters. The Labute approximate surface area is 171 Å². The van der Waals surface area contributed by atoms with E-state index in [0.717, 1.165) is 23.7 Å². The highest BCUT2D eigenvalue weighted by Gasteiger charge is 2.28. The standard InChI is InChI=1S/C23H44P2S/c1-16(2)11-24(12-17(3)4)21-15-26-23(20(9)10)22(21)25(13-18(5)6)14-19(7)8/h15-20H,11-14H2,1-10H3. The van der Waals surface area contributed by atoms with Gasteiger partial charge in [0.25, 0.3) is 0 Å². The van der Waals surface area contributed by atoms with Crippen LogP contribution in [0.25, 0.3) is 0 Å². The molecular weight excluding hydrogens is 370 g/mol. The Bertz CT molecular complexity index is 494. The van der Waals surface area contributed by atoms with E-state index in [0.29, 0.717) is 5.92 Å². The van der Waals surface area contributed by atoms with Crippen LogP contribution in [0, 0.1) is 23.7 Å². The van der Waals surface area contributed by atoms with Crippen LogP contribution in [-0.2, 0) is 0 Å². The van der Waals surface area contributed by atoms with Gasteiger partial charge in [0.1, 0.15) is 0 Å². The number of hydrogen-bond donors (Lipinski definition) is 0. The molecule has 0 saturated heterocycles. The fraction of sp³-hybridized carbons (Fsp3) is 0.826. The summed E-state index contributed by atoms with van der Waals surface area (Å²) in [5.41, 5.74) is 0. The van der Waals surface area contributed by atoms with E-state index in [4.69, 9.17) is 0 Å². The molecule has 0 aliphatic rings. The van der Waals surface area contributed by atoms with Gasteiger partial charge in [0.2, 0.25) is 0 Å². The Balaban J connectivity index is 3.41. The van der Waals surface area contributed by atoms with Crippen molar-refractivity contribution in [1.82, 2.24) is 0 Å². The van der Waals surface area contributed by atoms with Crippen molar-refractivity contribution < 1.29 is 0 Å². The summed E-state index contributed by atoms with van der Waals surface area (Å²) in [6.45, 7) is 24.1. The van der Waals surface area contributed by atoms with Gasteiger partial charge in [0.15, 0.2) is 0 Å². The van der Waals surface area contributed by atoms with Gasteiger partial charge >= 0.3 is 0 Å². The predicted octanol–water partition coefficient (Wildman–Crippen LogP) is 7.71. The molecule has 0 saturated carbocycles. The first-order valence-corrected chi connectivity index (χ1v) is 14.9. The molecule has 1 aromatic rings. The van der Waals surface area contributed by atoms with E-state index in [2.05, 4.69) is 86.0 Å². The topological polar surface area (TPSA) is 0 Å². The first-order chi connectivity index (χ1) is 12.0. The summed E-state index contributed by atoms with van der Waals surface area (Å²) in [7, 11) is -0.0427. The van der Waals surface area contributed by atoms with E-state index in [9.17, 15) is 0 Å². The van der Waals surface area contributed by atoms with Gasteiger partial charge in [-0.1, -0.05) is 85.1 Å². The van der Waals surface area contributed by atoms with E-state index in [-0.39, 0.29) is 15.8 Å². The van der Waals surface area contributed by atoms with Gasteiger partial charge in [-0.25, -0.2) is 0 Å². The normalized spacial score (nSPS) is 13.0. The second-order valence-electron chi connectivity index (χ2n) is 9.87. The van der Waals surface area contributed by atoms with Crippen LogP contribution in [0.4, 0.5) is 0 Å². The Morgan fingerprint density at radius 2 is 1.04 bits per heavy atom. The lowest BCUT2D eigenvalue weighted by molar-refractivity contribution is 0.720. The van der Waals surface area contributed by atoms with Crippen molar-refractivity contribution in [3.8, 4) is 0 Å². The minimum atomic E-state index is -0.0275. The van der Waals surface area contributed by atoms with Crippen molar-refractivity contribution in [3.63, 3.8) is 0 Å². The van der Waals surface area contributed by atoms with Crippen LogP contribution in [0.2, 0.25) is 0 Å². The van der Waals surface area contributed by atoms with Crippen LogP contribution in [0.5, 0.6) is 0 Å². The summed E-state index contributed by atoms with van der Waals surface area (Å²) in [6, 6.07) is 0. The molecule has 0 aromatic carbocycles. The van der Waals surface area contributed by atoms with E-state index in [1.54, 1.807) is 4.88 Å². The van der Waals surface area contributed by atoms with Gasteiger partial charge < -0.3 is 0 Å². The Hall–Kier alpha value is 0.560. The zero-order valence-electron chi connectivity index (χ0n) is 19.1. The fourth-order valence-electron chi connectivity index (χ4n) is 3.60. The molecule has 0 nitrogen and oxygen atoms in total. The van der Waals surface area contributed by atoms with Gasteiger partial charge in [-0.3, -0.25) is 0 Å². The molecule has 1 aromatic heterocycles. The zero-order chi connectivity index (χ0) is 20.0. The molecule has 0 radical (unpaired) electrons. The third-order valence-corrected chi connectivity index (χ3v) is 12.9. The highest BCUT2D eigenvalue weighted by molar-refractivity contribution is 7.72. The van der Waals surface area contributed by atoms with Crippen molar-refractivity contribution in [2.45, 2.75) is 75.2 Å². The summed E-state index contributed by atoms with van der Waals surface area (Å²) in [4.78, 5) is 1.72. The minimum absolute atomic E-state index is 0.0152. The van der Waals surface area contributed by atoms with E-state index < -0.39 is 0 Å². The van der Waals surface area contributed by atoms with Crippen molar-refractivity contribution in [3.05, 3.63) is 10.3 Å². The smallest absolute Gasteiger partial charge is 0.0154 e. The molecule has 0 spiro atoms. The maximum Gasteiger partial charge on any atom is 0.0154 e. The molecule has 152 valence electrons. The molecule has 0 amide bonds. The maximum atomic E-state index is 2.59. The van der Waals surface area contributed by atoms with Crippen LogP contribution in [0.3, 0.4) is 0 Å². The highest BCUT2D eigenvalue weighted by Crippen LogP contribution is 2.47. The van der Waals surface area contributed by atoms with Crippen LogP contribution >= 0.6 is 27.2 Å². The van der Waals surface area contributed by atoms with Gasteiger partial charge in [-0.05, 0) is 70.2 Å². The summed E-state index contributed by atoms with van der Waals surface area (Å²) in [6.07, 6.45) is 5.62. The molecule has 0 atom stereocenters. The summed E-state index contributed by atoms with van der Waals surface area (Å²) in [5.74, 6) is 3.87. The first kappa shape index (κ1) is 24.6. The van der Waals surface area contributed by atoms with Crippen LogP contribution < -0.4 is 10.6 Å². The third kappa shape index (κ3) is 7.89. The lowest BCUT2D eigenvalue weighted by Gasteiger charge is -2.29. The van der Waals surface area contributed by atoms with Crippen molar-refractivity contribution in [1.29, 1.82) is 0 Å². The van der Waals surface area contributed by atoms with Crippen LogP contribution in [-0.4, -0.2) is 24.6 Å². The molecule has 3 heteroatoms. The Kier molecular flexibility index (Phi) is 10.9. The highest BCUT2D eigenvalue weighted by atomic mass is 32.1. The zero-order valence-corrected chi connectivity index (χ0v) is 21.7. The predicted molar refractivity (Wildman–Crippen MR) is 130 cm³/mol. The Morgan fingerprint density at radius 3 is 1.38 bits per heavy atom. The quantitative estimate of drug-likeness (QED) is 0.325.